The first-order valence-electron chi connectivity index (χ1n) is 11.7. The van der Waals surface area contributed by atoms with Crippen molar-refractivity contribution in [2.24, 2.45) is 23.7 Å². The minimum absolute atomic E-state index is 0.293. The number of carbonyl (C=O) groups is 1. The fraction of sp³-hybridized carbons (Fsp3) is 0.875. The average molecular weight is 379 g/mol. The van der Waals surface area contributed by atoms with Gasteiger partial charge in [0.25, 0.3) is 0 Å². The summed E-state index contributed by atoms with van der Waals surface area (Å²) >= 11 is 0. The van der Waals surface area contributed by atoms with Gasteiger partial charge in [0.15, 0.2) is 0 Å². The van der Waals surface area contributed by atoms with Crippen LogP contribution in [-0.4, -0.2) is 24.3 Å². The number of fused-ring (bicyclic) bond motifs is 2. The average Bonchev–Trinajstić information content (AvgIpc) is 3.25. The van der Waals surface area contributed by atoms with Crippen molar-refractivity contribution in [2.45, 2.75) is 96.8 Å². The zero-order valence-electron chi connectivity index (χ0n) is 17.5. The first-order valence-corrected chi connectivity index (χ1v) is 11.7. The quantitative estimate of drug-likeness (QED) is 0.242. The van der Waals surface area contributed by atoms with Gasteiger partial charge in [-0.1, -0.05) is 44.8 Å². The summed E-state index contributed by atoms with van der Waals surface area (Å²) < 4.78 is 5.80. The lowest BCUT2D eigenvalue weighted by atomic mass is 9.75. The molecule has 0 heterocycles. The molecule has 3 nitrogen and oxygen atoms in total. The molecule has 0 radical (unpaired) electrons. The molecule has 1 N–H and O–H groups in total. The Balaban J connectivity index is 1.57. The van der Waals surface area contributed by atoms with Crippen LogP contribution < -0.4 is 0 Å². The molecule has 3 heteroatoms. The Bertz CT molecular complexity index is 431. The minimum atomic E-state index is -0.679. The molecule has 156 valence electrons. The van der Waals surface area contributed by atoms with E-state index >= 15 is 0 Å². The van der Waals surface area contributed by atoms with Gasteiger partial charge in [-0.3, -0.25) is 4.79 Å². The van der Waals surface area contributed by atoms with Crippen molar-refractivity contribution in [2.75, 3.05) is 13.2 Å². The standard InChI is InChI=1S/C24H42O3/c1-2-3-4-10-17-27-18-11-9-13-23-21-16-15-20(19-21)22(23)12-7-5-6-8-14-24(25)26/h5,7,20-23H,2-4,6,8-19H2,1H3,(H,25,26)/t20-,21+,22-,23+/m0/s1. The number of carboxylic acid groups (broad SMARTS) is 1. The predicted molar refractivity (Wildman–Crippen MR) is 112 cm³/mol. The lowest BCUT2D eigenvalue weighted by molar-refractivity contribution is -0.137. The van der Waals surface area contributed by atoms with Gasteiger partial charge >= 0.3 is 5.97 Å². The van der Waals surface area contributed by atoms with Gasteiger partial charge in [-0.05, 0) is 81.5 Å². The van der Waals surface area contributed by atoms with Gasteiger partial charge < -0.3 is 9.84 Å². The van der Waals surface area contributed by atoms with Crippen LogP contribution in [0.4, 0.5) is 0 Å². The summed E-state index contributed by atoms with van der Waals surface area (Å²) in [4.78, 5) is 10.6. The second-order valence-electron chi connectivity index (χ2n) is 8.82. The van der Waals surface area contributed by atoms with Crippen molar-refractivity contribution in [3.63, 3.8) is 0 Å². The number of unbranched alkanes of at least 4 members (excludes halogenated alkanes) is 5. The molecule has 0 aromatic heterocycles. The lowest BCUT2D eigenvalue weighted by Gasteiger charge is -2.30. The second kappa shape index (κ2) is 13.4. The fourth-order valence-electron chi connectivity index (χ4n) is 5.41. The molecule has 2 saturated carbocycles. The highest BCUT2D eigenvalue weighted by Gasteiger charge is 2.45. The topological polar surface area (TPSA) is 46.5 Å². The van der Waals surface area contributed by atoms with Crippen LogP contribution in [0.5, 0.6) is 0 Å². The number of hydrogen-bond donors (Lipinski definition) is 1. The van der Waals surface area contributed by atoms with Crippen LogP contribution in [0.2, 0.25) is 0 Å². The highest BCUT2D eigenvalue weighted by molar-refractivity contribution is 5.66. The summed E-state index contributed by atoms with van der Waals surface area (Å²) in [6, 6.07) is 0. The number of allylic oxidation sites excluding steroid dienone is 2. The maximum absolute atomic E-state index is 10.6. The second-order valence-corrected chi connectivity index (χ2v) is 8.82. The molecule has 0 aromatic rings. The van der Waals surface area contributed by atoms with Crippen LogP contribution >= 0.6 is 0 Å². The zero-order chi connectivity index (χ0) is 19.3. The smallest absolute Gasteiger partial charge is 0.303 e. The molecule has 2 aliphatic rings. The summed E-state index contributed by atoms with van der Waals surface area (Å²) in [6.07, 6.45) is 21.2. The van der Waals surface area contributed by atoms with Crippen LogP contribution in [0.1, 0.15) is 96.8 Å². The normalized spacial score (nSPS) is 27.0. The fourth-order valence-corrected chi connectivity index (χ4v) is 5.41. The number of aliphatic carboxylic acids is 1. The van der Waals surface area contributed by atoms with E-state index in [1.165, 1.54) is 70.6 Å². The lowest BCUT2D eigenvalue weighted by Crippen LogP contribution is -2.22. The Hall–Kier alpha value is -0.830. The van der Waals surface area contributed by atoms with Crippen LogP contribution in [-0.2, 0) is 9.53 Å². The third-order valence-electron chi connectivity index (χ3n) is 6.83. The van der Waals surface area contributed by atoms with E-state index in [1.807, 2.05) is 0 Å². The molecule has 27 heavy (non-hydrogen) atoms. The van der Waals surface area contributed by atoms with Crippen molar-refractivity contribution in [1.29, 1.82) is 0 Å². The molecule has 2 fully saturated rings. The van der Waals surface area contributed by atoms with E-state index in [0.717, 1.165) is 49.7 Å². The maximum Gasteiger partial charge on any atom is 0.303 e. The SMILES string of the molecule is CCCCCCOCCCC[C@@H]1[C@@H]2CC[C@@H](C2)[C@@H]1CC=CCCCC(=O)O. The third-order valence-corrected chi connectivity index (χ3v) is 6.83. The summed E-state index contributed by atoms with van der Waals surface area (Å²) in [5, 5.41) is 8.70. The molecular weight excluding hydrogens is 336 g/mol. The van der Waals surface area contributed by atoms with Crippen molar-refractivity contribution >= 4 is 5.97 Å². The minimum Gasteiger partial charge on any atom is -0.481 e. The van der Waals surface area contributed by atoms with Gasteiger partial charge in [0.05, 0.1) is 0 Å². The number of carboxylic acids is 1. The zero-order valence-corrected chi connectivity index (χ0v) is 17.5. The molecule has 0 saturated heterocycles. The number of hydrogen-bond acceptors (Lipinski definition) is 2. The molecule has 2 bridgehead atoms. The molecule has 0 amide bonds. The van der Waals surface area contributed by atoms with Crippen molar-refractivity contribution < 1.29 is 14.6 Å². The van der Waals surface area contributed by atoms with E-state index in [4.69, 9.17) is 9.84 Å². The number of ether oxygens (including phenoxy) is 1. The van der Waals surface area contributed by atoms with E-state index in [1.54, 1.807) is 0 Å². The predicted octanol–water partition coefficient (Wildman–Crippen LogP) is 6.62. The summed E-state index contributed by atoms with van der Waals surface area (Å²) in [6.45, 7) is 4.14. The summed E-state index contributed by atoms with van der Waals surface area (Å²) in [7, 11) is 0. The Kier molecular flexibility index (Phi) is 11.1. The van der Waals surface area contributed by atoms with E-state index in [0.29, 0.717) is 6.42 Å². The molecule has 4 atom stereocenters. The molecular formula is C24H42O3. The van der Waals surface area contributed by atoms with Crippen molar-refractivity contribution in [3.8, 4) is 0 Å². The van der Waals surface area contributed by atoms with E-state index in [-0.39, 0.29) is 0 Å². The van der Waals surface area contributed by atoms with E-state index < -0.39 is 5.97 Å². The van der Waals surface area contributed by atoms with Gasteiger partial charge in [0, 0.05) is 19.6 Å². The van der Waals surface area contributed by atoms with Crippen LogP contribution in [0, 0.1) is 23.7 Å². The van der Waals surface area contributed by atoms with Crippen molar-refractivity contribution in [1.82, 2.24) is 0 Å². The summed E-state index contributed by atoms with van der Waals surface area (Å²) in [5.41, 5.74) is 0. The van der Waals surface area contributed by atoms with Crippen molar-refractivity contribution in [3.05, 3.63) is 12.2 Å². The largest absolute Gasteiger partial charge is 0.481 e. The highest BCUT2D eigenvalue weighted by atomic mass is 16.5. The van der Waals surface area contributed by atoms with Crippen LogP contribution in [0.3, 0.4) is 0 Å². The van der Waals surface area contributed by atoms with Gasteiger partial charge in [0.2, 0.25) is 0 Å². The van der Waals surface area contributed by atoms with Gasteiger partial charge in [-0.2, -0.15) is 0 Å². The molecule has 2 rings (SSSR count). The van der Waals surface area contributed by atoms with E-state index in [9.17, 15) is 4.79 Å². The molecule has 0 spiro atoms. The van der Waals surface area contributed by atoms with Gasteiger partial charge in [0.1, 0.15) is 0 Å². The maximum atomic E-state index is 10.6. The molecule has 0 unspecified atom stereocenters. The first-order chi connectivity index (χ1) is 13.2. The van der Waals surface area contributed by atoms with E-state index in [2.05, 4.69) is 19.1 Å². The number of rotatable bonds is 16. The highest BCUT2D eigenvalue weighted by Crippen LogP contribution is 2.55. The van der Waals surface area contributed by atoms with Crippen LogP contribution in [0.25, 0.3) is 0 Å². The Morgan fingerprint density at radius 3 is 2.44 bits per heavy atom. The first kappa shape index (κ1) is 22.5. The third kappa shape index (κ3) is 8.37. The van der Waals surface area contributed by atoms with Gasteiger partial charge in [-0.15, -0.1) is 0 Å². The molecule has 2 aliphatic carbocycles. The monoisotopic (exact) mass is 378 g/mol. The Labute approximate surface area is 167 Å². The molecule has 0 aromatic carbocycles. The van der Waals surface area contributed by atoms with Crippen LogP contribution in [0.15, 0.2) is 12.2 Å². The van der Waals surface area contributed by atoms with Gasteiger partial charge in [-0.25, -0.2) is 0 Å². The Morgan fingerprint density at radius 2 is 1.70 bits per heavy atom. The Morgan fingerprint density at radius 1 is 0.963 bits per heavy atom. The summed E-state index contributed by atoms with van der Waals surface area (Å²) in [5.74, 6) is 3.07. The molecule has 0 aliphatic heterocycles.